The van der Waals surface area contributed by atoms with Crippen LogP contribution in [-0.4, -0.2) is 30.8 Å². The molecule has 0 aliphatic heterocycles. The lowest BCUT2D eigenvalue weighted by molar-refractivity contribution is -0.120. The first-order chi connectivity index (χ1) is 9.17. The molecule has 0 fully saturated rings. The van der Waals surface area contributed by atoms with Crippen LogP contribution in [0.1, 0.15) is 24.5 Å². The molecule has 1 rings (SSSR count). The highest BCUT2D eigenvalue weighted by Crippen LogP contribution is 2.16. The van der Waals surface area contributed by atoms with E-state index in [-0.39, 0.29) is 19.1 Å². The molecule has 0 heterocycles. The number of nitrogens with one attached hydrogen (secondary N) is 1. The summed E-state index contributed by atoms with van der Waals surface area (Å²) in [6, 6.07) is 5.57. The summed E-state index contributed by atoms with van der Waals surface area (Å²) >= 11 is 0. The Labute approximate surface area is 113 Å². The van der Waals surface area contributed by atoms with Crippen molar-refractivity contribution in [1.29, 1.82) is 0 Å². The Hall–Kier alpha value is -1.83. The van der Waals surface area contributed by atoms with Crippen molar-refractivity contribution in [3.8, 4) is 11.8 Å². The zero-order valence-electron chi connectivity index (χ0n) is 11.3. The lowest BCUT2D eigenvalue weighted by atomic mass is 10.1. The van der Waals surface area contributed by atoms with Gasteiger partial charge in [-0.1, -0.05) is 24.8 Å². The van der Waals surface area contributed by atoms with E-state index in [1.165, 1.54) is 0 Å². The molecule has 1 aromatic carbocycles. The van der Waals surface area contributed by atoms with Crippen molar-refractivity contribution in [2.45, 2.75) is 20.3 Å². The number of hydrogen-bond donors (Lipinski definition) is 2. The minimum absolute atomic E-state index is 0.0364. The Balaban J connectivity index is 2.75. The molecule has 19 heavy (non-hydrogen) atoms. The highest BCUT2D eigenvalue weighted by Gasteiger charge is 2.06. The Bertz CT molecular complexity index is 486. The molecule has 0 aliphatic carbocycles. The van der Waals surface area contributed by atoms with Gasteiger partial charge in [-0.25, -0.2) is 0 Å². The molecule has 0 saturated heterocycles. The Kier molecular flexibility index (Phi) is 6.65. The van der Waals surface area contributed by atoms with E-state index in [1.807, 2.05) is 32.0 Å². The molecule has 2 N–H and O–H groups in total. The van der Waals surface area contributed by atoms with Crippen LogP contribution in [0.5, 0.6) is 0 Å². The summed E-state index contributed by atoms with van der Waals surface area (Å²) in [5, 5.41) is 11.5. The zero-order chi connectivity index (χ0) is 14.1. The largest absolute Gasteiger partial charge is 0.384 e. The van der Waals surface area contributed by atoms with E-state index in [2.05, 4.69) is 17.2 Å². The topological polar surface area (TPSA) is 58.6 Å². The minimum atomic E-state index is -0.207. The molecule has 0 saturated carbocycles. The van der Waals surface area contributed by atoms with Crippen LogP contribution in [0.15, 0.2) is 18.2 Å². The van der Waals surface area contributed by atoms with Crippen LogP contribution in [0, 0.1) is 18.8 Å². The second-order valence-corrected chi connectivity index (χ2v) is 4.11. The maximum absolute atomic E-state index is 11.7. The predicted octanol–water partition coefficient (Wildman–Crippen LogP) is 1.70. The fraction of sp³-hybridized carbons (Fsp3) is 0.400. The van der Waals surface area contributed by atoms with Gasteiger partial charge in [-0.2, -0.15) is 0 Å². The highest BCUT2D eigenvalue weighted by atomic mass is 16.5. The van der Waals surface area contributed by atoms with Gasteiger partial charge in [0.05, 0.1) is 5.69 Å². The van der Waals surface area contributed by atoms with Gasteiger partial charge in [0.2, 0.25) is 5.91 Å². The van der Waals surface area contributed by atoms with Crippen LogP contribution in [0.4, 0.5) is 5.69 Å². The van der Waals surface area contributed by atoms with Crippen molar-refractivity contribution in [2.75, 3.05) is 25.1 Å². The molecule has 0 unspecified atom stereocenters. The third-order valence-corrected chi connectivity index (χ3v) is 2.33. The molecule has 0 spiro atoms. The quantitative estimate of drug-likeness (QED) is 0.626. The molecule has 0 atom stereocenters. The lowest BCUT2D eigenvalue weighted by Crippen LogP contribution is -2.19. The molecule has 102 valence electrons. The third kappa shape index (κ3) is 5.56. The fourth-order valence-electron chi connectivity index (χ4n) is 1.50. The van der Waals surface area contributed by atoms with E-state index in [0.29, 0.717) is 17.9 Å². The van der Waals surface area contributed by atoms with Gasteiger partial charge in [-0.15, -0.1) is 0 Å². The number of aliphatic hydroxyl groups is 1. The average Bonchev–Trinajstić information content (AvgIpc) is 2.38. The Morgan fingerprint density at radius 3 is 2.95 bits per heavy atom. The molecule has 4 heteroatoms. The maximum Gasteiger partial charge on any atom is 0.250 e. The van der Waals surface area contributed by atoms with Gasteiger partial charge in [-0.3, -0.25) is 4.79 Å². The van der Waals surface area contributed by atoms with Gasteiger partial charge >= 0.3 is 0 Å². The van der Waals surface area contributed by atoms with E-state index < -0.39 is 0 Å². The van der Waals surface area contributed by atoms with Crippen LogP contribution < -0.4 is 5.32 Å². The summed E-state index contributed by atoms with van der Waals surface area (Å²) in [6.45, 7) is 4.32. The van der Waals surface area contributed by atoms with Crippen molar-refractivity contribution >= 4 is 11.6 Å². The molecule has 1 amide bonds. The standard InChI is InChI=1S/C15H19NO3/c1-3-9-19-11-15(18)16-14-10-12(2)6-7-13(14)5-4-8-17/h6-7,10,17H,3,8-9,11H2,1-2H3,(H,16,18). The monoisotopic (exact) mass is 261 g/mol. The normalized spacial score (nSPS) is 9.63. The summed E-state index contributed by atoms with van der Waals surface area (Å²) in [6.07, 6.45) is 0.880. The number of carbonyl (C=O) groups is 1. The van der Waals surface area contributed by atoms with Crippen molar-refractivity contribution in [3.05, 3.63) is 29.3 Å². The first kappa shape index (κ1) is 15.2. The average molecular weight is 261 g/mol. The van der Waals surface area contributed by atoms with E-state index in [1.54, 1.807) is 0 Å². The maximum atomic E-state index is 11.7. The number of aryl methyl sites for hydroxylation is 1. The summed E-state index contributed by atoms with van der Waals surface area (Å²) in [5.74, 6) is 5.18. The summed E-state index contributed by atoms with van der Waals surface area (Å²) in [7, 11) is 0. The Morgan fingerprint density at radius 1 is 1.47 bits per heavy atom. The smallest absolute Gasteiger partial charge is 0.250 e. The fourth-order valence-corrected chi connectivity index (χ4v) is 1.50. The SMILES string of the molecule is CCCOCC(=O)Nc1cc(C)ccc1C#CCO. The van der Waals surface area contributed by atoms with Crippen molar-refractivity contribution in [2.24, 2.45) is 0 Å². The number of ether oxygens (including phenoxy) is 1. The zero-order valence-corrected chi connectivity index (χ0v) is 11.3. The van der Waals surface area contributed by atoms with Crippen LogP contribution in [0.25, 0.3) is 0 Å². The van der Waals surface area contributed by atoms with E-state index in [0.717, 1.165) is 12.0 Å². The summed E-state index contributed by atoms with van der Waals surface area (Å²) in [4.78, 5) is 11.7. The molecule has 1 aromatic rings. The van der Waals surface area contributed by atoms with Crippen LogP contribution >= 0.6 is 0 Å². The van der Waals surface area contributed by atoms with Crippen LogP contribution in [-0.2, 0) is 9.53 Å². The molecule has 0 bridgehead atoms. The first-order valence-electron chi connectivity index (χ1n) is 6.25. The van der Waals surface area contributed by atoms with Gasteiger partial charge in [0.15, 0.2) is 0 Å². The molecule has 0 radical (unpaired) electrons. The summed E-state index contributed by atoms with van der Waals surface area (Å²) in [5.41, 5.74) is 2.36. The molecule has 4 nitrogen and oxygen atoms in total. The molecular weight excluding hydrogens is 242 g/mol. The number of aliphatic hydroxyl groups excluding tert-OH is 1. The number of benzene rings is 1. The van der Waals surface area contributed by atoms with Gasteiger partial charge in [-0.05, 0) is 31.0 Å². The minimum Gasteiger partial charge on any atom is -0.384 e. The highest BCUT2D eigenvalue weighted by molar-refractivity contribution is 5.93. The second-order valence-electron chi connectivity index (χ2n) is 4.11. The van der Waals surface area contributed by atoms with Crippen molar-refractivity contribution in [3.63, 3.8) is 0 Å². The number of amides is 1. The second kappa shape index (κ2) is 8.30. The van der Waals surface area contributed by atoms with E-state index in [4.69, 9.17) is 9.84 Å². The van der Waals surface area contributed by atoms with Crippen molar-refractivity contribution < 1.29 is 14.6 Å². The predicted molar refractivity (Wildman–Crippen MR) is 74.9 cm³/mol. The molecule has 0 aliphatic rings. The van der Waals surface area contributed by atoms with Gasteiger partial charge in [0.1, 0.15) is 13.2 Å². The van der Waals surface area contributed by atoms with Gasteiger partial charge in [0.25, 0.3) is 0 Å². The number of anilines is 1. The number of hydrogen-bond acceptors (Lipinski definition) is 3. The van der Waals surface area contributed by atoms with Crippen molar-refractivity contribution in [1.82, 2.24) is 0 Å². The molecular formula is C15H19NO3. The lowest BCUT2D eigenvalue weighted by Gasteiger charge is -2.09. The van der Waals surface area contributed by atoms with Crippen LogP contribution in [0.3, 0.4) is 0 Å². The van der Waals surface area contributed by atoms with Gasteiger partial charge in [0, 0.05) is 12.2 Å². The van der Waals surface area contributed by atoms with E-state index in [9.17, 15) is 4.79 Å². The third-order valence-electron chi connectivity index (χ3n) is 2.33. The number of rotatable bonds is 5. The van der Waals surface area contributed by atoms with Crippen LogP contribution in [0.2, 0.25) is 0 Å². The molecule has 0 aromatic heterocycles. The Morgan fingerprint density at radius 2 is 2.26 bits per heavy atom. The van der Waals surface area contributed by atoms with Gasteiger partial charge < -0.3 is 15.2 Å². The first-order valence-corrected chi connectivity index (χ1v) is 6.25. The summed E-state index contributed by atoms with van der Waals surface area (Å²) < 4.78 is 5.18. The van der Waals surface area contributed by atoms with E-state index >= 15 is 0 Å². The number of carbonyl (C=O) groups excluding carboxylic acids is 1.